The number of hydrogen-bond acceptors (Lipinski definition) is 2. The second-order valence-electron chi connectivity index (χ2n) is 5.73. The number of hydrogen-bond donors (Lipinski definition) is 1. The SMILES string of the molecule is CC(C)CN(Cc1cccc(N)c1)CC(C)C.Cl. The van der Waals surface area contributed by atoms with E-state index in [1.54, 1.807) is 0 Å². The van der Waals surface area contributed by atoms with Gasteiger partial charge in [-0.25, -0.2) is 0 Å². The Balaban J connectivity index is 0.00000289. The fourth-order valence-corrected chi connectivity index (χ4v) is 2.19. The van der Waals surface area contributed by atoms with Crippen LogP contribution in [-0.4, -0.2) is 18.0 Å². The third-order valence-corrected chi connectivity index (χ3v) is 2.60. The van der Waals surface area contributed by atoms with E-state index in [4.69, 9.17) is 5.73 Å². The number of benzene rings is 1. The predicted molar refractivity (Wildman–Crippen MR) is 83.1 cm³/mol. The molecule has 0 aliphatic carbocycles. The summed E-state index contributed by atoms with van der Waals surface area (Å²) in [6, 6.07) is 8.21. The molecule has 1 aromatic carbocycles. The molecule has 0 bridgehead atoms. The van der Waals surface area contributed by atoms with Crippen molar-refractivity contribution < 1.29 is 0 Å². The number of nitrogens with two attached hydrogens (primary N) is 1. The van der Waals surface area contributed by atoms with Crippen LogP contribution in [-0.2, 0) is 6.54 Å². The van der Waals surface area contributed by atoms with Crippen LogP contribution in [0.3, 0.4) is 0 Å². The predicted octanol–water partition coefficient (Wildman–Crippen LogP) is 3.80. The van der Waals surface area contributed by atoms with E-state index in [0.717, 1.165) is 25.3 Å². The molecule has 0 saturated heterocycles. The molecule has 2 N–H and O–H groups in total. The molecule has 0 amide bonds. The lowest BCUT2D eigenvalue weighted by Crippen LogP contribution is -2.30. The summed E-state index contributed by atoms with van der Waals surface area (Å²) in [6.45, 7) is 12.4. The van der Waals surface area contributed by atoms with Gasteiger partial charge in [0.2, 0.25) is 0 Å². The third kappa shape index (κ3) is 6.87. The van der Waals surface area contributed by atoms with E-state index in [-0.39, 0.29) is 12.4 Å². The van der Waals surface area contributed by atoms with Gasteiger partial charge in [0.05, 0.1) is 0 Å². The van der Waals surface area contributed by atoms with Gasteiger partial charge in [-0.3, -0.25) is 4.90 Å². The van der Waals surface area contributed by atoms with E-state index in [1.807, 2.05) is 12.1 Å². The third-order valence-electron chi connectivity index (χ3n) is 2.60. The summed E-state index contributed by atoms with van der Waals surface area (Å²) in [4.78, 5) is 2.52. The van der Waals surface area contributed by atoms with Gasteiger partial charge < -0.3 is 5.73 Å². The normalized spacial score (nSPS) is 11.1. The maximum Gasteiger partial charge on any atom is 0.0317 e. The Morgan fingerprint density at radius 3 is 2.06 bits per heavy atom. The minimum Gasteiger partial charge on any atom is -0.399 e. The van der Waals surface area contributed by atoms with E-state index < -0.39 is 0 Å². The first-order valence-corrected chi connectivity index (χ1v) is 6.54. The molecule has 0 saturated carbocycles. The summed E-state index contributed by atoms with van der Waals surface area (Å²) in [5.74, 6) is 1.41. The Morgan fingerprint density at radius 2 is 1.61 bits per heavy atom. The van der Waals surface area contributed by atoms with Crippen LogP contribution in [0.4, 0.5) is 5.69 Å². The molecule has 1 rings (SSSR count). The van der Waals surface area contributed by atoms with Gasteiger partial charge >= 0.3 is 0 Å². The highest BCUT2D eigenvalue weighted by atomic mass is 35.5. The summed E-state index contributed by atoms with van der Waals surface area (Å²) in [6.07, 6.45) is 0. The molecule has 1 aromatic rings. The molecule has 0 atom stereocenters. The maximum atomic E-state index is 5.82. The molecule has 0 heterocycles. The van der Waals surface area contributed by atoms with Crippen molar-refractivity contribution in [1.82, 2.24) is 4.90 Å². The summed E-state index contributed by atoms with van der Waals surface area (Å²) in [5.41, 5.74) is 7.99. The minimum absolute atomic E-state index is 0. The second-order valence-corrected chi connectivity index (χ2v) is 5.73. The van der Waals surface area contributed by atoms with Gasteiger partial charge in [-0.15, -0.1) is 12.4 Å². The van der Waals surface area contributed by atoms with Crippen molar-refractivity contribution in [3.05, 3.63) is 29.8 Å². The van der Waals surface area contributed by atoms with Crippen LogP contribution in [0.2, 0.25) is 0 Å². The summed E-state index contributed by atoms with van der Waals surface area (Å²) < 4.78 is 0. The van der Waals surface area contributed by atoms with E-state index in [0.29, 0.717) is 11.8 Å². The highest BCUT2D eigenvalue weighted by Crippen LogP contribution is 2.12. The first-order valence-electron chi connectivity index (χ1n) is 6.54. The number of anilines is 1. The fraction of sp³-hybridized carbons (Fsp3) is 0.600. The van der Waals surface area contributed by atoms with Gasteiger partial charge in [-0.1, -0.05) is 39.8 Å². The zero-order valence-corrected chi connectivity index (χ0v) is 12.8. The van der Waals surface area contributed by atoms with E-state index in [9.17, 15) is 0 Å². The van der Waals surface area contributed by atoms with E-state index in [2.05, 4.69) is 44.7 Å². The van der Waals surface area contributed by atoms with Crippen molar-refractivity contribution in [3.63, 3.8) is 0 Å². The average Bonchev–Trinajstić information content (AvgIpc) is 2.14. The number of rotatable bonds is 6. The molecule has 0 aromatic heterocycles. The summed E-state index contributed by atoms with van der Waals surface area (Å²) in [7, 11) is 0. The van der Waals surface area contributed by atoms with Gasteiger partial charge in [0.25, 0.3) is 0 Å². The zero-order valence-electron chi connectivity index (χ0n) is 12.0. The summed E-state index contributed by atoms with van der Waals surface area (Å²) >= 11 is 0. The first-order chi connectivity index (χ1) is 7.97. The van der Waals surface area contributed by atoms with Crippen LogP contribution in [0.1, 0.15) is 33.3 Å². The zero-order chi connectivity index (χ0) is 12.8. The van der Waals surface area contributed by atoms with Crippen molar-refractivity contribution in [3.8, 4) is 0 Å². The molecule has 2 nitrogen and oxygen atoms in total. The first kappa shape index (κ1) is 17.3. The lowest BCUT2D eigenvalue weighted by molar-refractivity contribution is 0.211. The van der Waals surface area contributed by atoms with Crippen LogP contribution in [0.5, 0.6) is 0 Å². The smallest absolute Gasteiger partial charge is 0.0317 e. The number of halogens is 1. The van der Waals surface area contributed by atoms with Crippen molar-refractivity contribution in [2.75, 3.05) is 18.8 Å². The molecular weight excluding hydrogens is 244 g/mol. The molecule has 0 aliphatic heterocycles. The number of nitrogens with zero attached hydrogens (tertiary/aromatic N) is 1. The Morgan fingerprint density at radius 1 is 1.06 bits per heavy atom. The van der Waals surface area contributed by atoms with Crippen molar-refractivity contribution in [2.24, 2.45) is 11.8 Å². The molecule has 104 valence electrons. The van der Waals surface area contributed by atoms with Gasteiger partial charge in [0, 0.05) is 25.3 Å². The Hall–Kier alpha value is -0.730. The monoisotopic (exact) mass is 270 g/mol. The highest BCUT2D eigenvalue weighted by Gasteiger charge is 2.10. The lowest BCUT2D eigenvalue weighted by Gasteiger charge is -2.26. The van der Waals surface area contributed by atoms with Crippen LogP contribution in [0, 0.1) is 11.8 Å². The molecule has 0 unspecified atom stereocenters. The van der Waals surface area contributed by atoms with Crippen molar-refractivity contribution >= 4 is 18.1 Å². The molecule has 3 heteroatoms. The highest BCUT2D eigenvalue weighted by molar-refractivity contribution is 5.85. The fourth-order valence-electron chi connectivity index (χ4n) is 2.19. The van der Waals surface area contributed by atoms with Gasteiger partial charge in [-0.2, -0.15) is 0 Å². The average molecular weight is 271 g/mol. The van der Waals surface area contributed by atoms with Crippen LogP contribution in [0.15, 0.2) is 24.3 Å². The van der Waals surface area contributed by atoms with Gasteiger partial charge in [0.15, 0.2) is 0 Å². The van der Waals surface area contributed by atoms with Gasteiger partial charge in [-0.05, 0) is 29.5 Å². The van der Waals surface area contributed by atoms with Crippen molar-refractivity contribution in [2.45, 2.75) is 34.2 Å². The lowest BCUT2D eigenvalue weighted by atomic mass is 10.1. The van der Waals surface area contributed by atoms with Crippen LogP contribution >= 0.6 is 12.4 Å². The van der Waals surface area contributed by atoms with Crippen LogP contribution in [0.25, 0.3) is 0 Å². The standard InChI is InChI=1S/C15H26N2.ClH/c1-12(2)9-17(10-13(3)4)11-14-6-5-7-15(16)8-14;/h5-8,12-13H,9-11,16H2,1-4H3;1H. The Kier molecular flexibility index (Phi) is 8.05. The largest absolute Gasteiger partial charge is 0.399 e. The van der Waals surface area contributed by atoms with Gasteiger partial charge in [0.1, 0.15) is 0 Å². The summed E-state index contributed by atoms with van der Waals surface area (Å²) in [5, 5.41) is 0. The Labute approximate surface area is 118 Å². The maximum absolute atomic E-state index is 5.82. The molecule has 0 aliphatic rings. The quantitative estimate of drug-likeness (QED) is 0.797. The van der Waals surface area contributed by atoms with E-state index in [1.165, 1.54) is 5.56 Å². The molecular formula is C15H27ClN2. The second kappa shape index (κ2) is 8.39. The topological polar surface area (TPSA) is 29.3 Å². The van der Waals surface area contributed by atoms with Crippen LogP contribution < -0.4 is 5.73 Å². The minimum atomic E-state index is 0. The van der Waals surface area contributed by atoms with E-state index >= 15 is 0 Å². The molecule has 0 radical (unpaired) electrons. The molecule has 0 spiro atoms. The number of nitrogen functional groups attached to an aromatic ring is 1. The van der Waals surface area contributed by atoms with Crippen molar-refractivity contribution in [1.29, 1.82) is 0 Å². The molecule has 0 fully saturated rings. The molecule has 18 heavy (non-hydrogen) atoms. The Bertz CT molecular complexity index is 327.